The molecule has 0 saturated heterocycles. The number of nitro groups is 1. The number of nitro benzene ring substituents is 1. The zero-order chi connectivity index (χ0) is 13.8. The van der Waals surface area contributed by atoms with Gasteiger partial charge in [-0.1, -0.05) is 38.5 Å². The molecule has 0 bridgehead atoms. The van der Waals surface area contributed by atoms with Gasteiger partial charge in [0.15, 0.2) is 0 Å². The van der Waals surface area contributed by atoms with Crippen molar-refractivity contribution < 1.29 is 4.92 Å². The molecule has 1 aromatic carbocycles. The maximum Gasteiger partial charge on any atom is 0.273 e. The Balaban J connectivity index is 1.98. The quantitative estimate of drug-likeness (QED) is 0.652. The Morgan fingerprint density at radius 1 is 1.37 bits per heavy atom. The Kier molecular flexibility index (Phi) is 4.53. The molecule has 0 amide bonds. The van der Waals surface area contributed by atoms with Gasteiger partial charge >= 0.3 is 0 Å². The van der Waals surface area contributed by atoms with E-state index >= 15 is 0 Å². The summed E-state index contributed by atoms with van der Waals surface area (Å²) in [6.07, 6.45) is 3.68. The van der Waals surface area contributed by atoms with E-state index in [1.807, 2.05) is 12.1 Å². The van der Waals surface area contributed by atoms with E-state index in [2.05, 4.69) is 19.2 Å². The average molecular weight is 262 g/mol. The fourth-order valence-electron chi connectivity index (χ4n) is 3.19. The smallest absolute Gasteiger partial charge is 0.273 e. The third-order valence-corrected chi connectivity index (χ3v) is 4.49. The molecular formula is C15H22N2O2. The monoisotopic (exact) mass is 262 g/mol. The summed E-state index contributed by atoms with van der Waals surface area (Å²) in [6.45, 7) is 5.12. The van der Waals surface area contributed by atoms with Crippen molar-refractivity contribution in [1.29, 1.82) is 0 Å². The summed E-state index contributed by atoms with van der Waals surface area (Å²) in [5.74, 6) is 1.45. The standard InChI is InChI=1S/C15H22N2O2/c1-3-12-8-9-14(11(12)2)16-10-13-6-4-5-7-15(13)17(18)19/h4-7,11-12,14,16H,3,8-10H2,1-2H3. The van der Waals surface area contributed by atoms with Crippen LogP contribution in [0.2, 0.25) is 0 Å². The van der Waals surface area contributed by atoms with E-state index in [-0.39, 0.29) is 10.6 Å². The first kappa shape index (κ1) is 14.0. The van der Waals surface area contributed by atoms with Crippen LogP contribution in [0.15, 0.2) is 24.3 Å². The van der Waals surface area contributed by atoms with E-state index in [0.29, 0.717) is 18.5 Å². The molecule has 0 heterocycles. The molecular weight excluding hydrogens is 240 g/mol. The van der Waals surface area contributed by atoms with Crippen molar-refractivity contribution in [3.8, 4) is 0 Å². The minimum absolute atomic E-state index is 0.215. The molecule has 1 aliphatic rings. The van der Waals surface area contributed by atoms with Gasteiger partial charge in [0.1, 0.15) is 0 Å². The van der Waals surface area contributed by atoms with Gasteiger partial charge in [0.25, 0.3) is 5.69 Å². The lowest BCUT2D eigenvalue weighted by molar-refractivity contribution is -0.385. The van der Waals surface area contributed by atoms with Crippen molar-refractivity contribution in [2.45, 2.75) is 45.7 Å². The van der Waals surface area contributed by atoms with Crippen LogP contribution in [0.25, 0.3) is 0 Å². The summed E-state index contributed by atoms with van der Waals surface area (Å²) in [5, 5.41) is 14.5. The summed E-state index contributed by atoms with van der Waals surface area (Å²) in [6, 6.07) is 7.47. The van der Waals surface area contributed by atoms with Gasteiger partial charge in [-0.05, 0) is 24.7 Å². The van der Waals surface area contributed by atoms with E-state index in [0.717, 1.165) is 11.5 Å². The lowest BCUT2D eigenvalue weighted by atomic mass is 9.93. The number of nitrogens with zero attached hydrogens (tertiary/aromatic N) is 1. The Morgan fingerprint density at radius 2 is 2.11 bits per heavy atom. The van der Waals surface area contributed by atoms with Crippen LogP contribution >= 0.6 is 0 Å². The molecule has 104 valence electrons. The number of nitrogens with one attached hydrogen (secondary N) is 1. The SMILES string of the molecule is CCC1CCC(NCc2ccccc2[N+](=O)[O-])C1C. The molecule has 1 aliphatic carbocycles. The highest BCUT2D eigenvalue weighted by Gasteiger charge is 2.31. The molecule has 0 radical (unpaired) electrons. The summed E-state index contributed by atoms with van der Waals surface area (Å²) in [7, 11) is 0. The third kappa shape index (κ3) is 3.13. The zero-order valence-corrected chi connectivity index (χ0v) is 11.6. The third-order valence-electron chi connectivity index (χ3n) is 4.49. The summed E-state index contributed by atoms with van der Waals surface area (Å²) < 4.78 is 0. The van der Waals surface area contributed by atoms with E-state index in [1.54, 1.807) is 12.1 Å². The van der Waals surface area contributed by atoms with Crippen LogP contribution in [0.4, 0.5) is 5.69 Å². The predicted octanol–water partition coefficient (Wildman–Crippen LogP) is 3.51. The number of hydrogen-bond acceptors (Lipinski definition) is 3. The lowest BCUT2D eigenvalue weighted by Crippen LogP contribution is -2.32. The van der Waals surface area contributed by atoms with E-state index in [9.17, 15) is 10.1 Å². The molecule has 3 atom stereocenters. The molecule has 1 N–H and O–H groups in total. The average Bonchev–Trinajstić information content (AvgIpc) is 2.77. The molecule has 1 fully saturated rings. The molecule has 2 rings (SSSR count). The molecule has 1 aromatic rings. The first-order chi connectivity index (χ1) is 9.13. The molecule has 19 heavy (non-hydrogen) atoms. The topological polar surface area (TPSA) is 55.2 Å². The molecule has 1 saturated carbocycles. The van der Waals surface area contributed by atoms with Crippen molar-refractivity contribution in [1.82, 2.24) is 5.32 Å². The first-order valence-electron chi connectivity index (χ1n) is 7.09. The Hall–Kier alpha value is -1.42. The van der Waals surface area contributed by atoms with Crippen molar-refractivity contribution in [3.05, 3.63) is 39.9 Å². The summed E-state index contributed by atoms with van der Waals surface area (Å²) in [4.78, 5) is 10.7. The number of para-hydroxylation sites is 1. The van der Waals surface area contributed by atoms with Gasteiger partial charge in [0.2, 0.25) is 0 Å². The largest absolute Gasteiger partial charge is 0.309 e. The second-order valence-electron chi connectivity index (χ2n) is 5.48. The second-order valence-corrected chi connectivity index (χ2v) is 5.48. The van der Waals surface area contributed by atoms with Crippen molar-refractivity contribution in [2.24, 2.45) is 11.8 Å². The summed E-state index contributed by atoms with van der Waals surface area (Å²) >= 11 is 0. The van der Waals surface area contributed by atoms with E-state index < -0.39 is 0 Å². The minimum Gasteiger partial charge on any atom is -0.309 e. The number of rotatable bonds is 5. The Bertz CT molecular complexity index is 448. The van der Waals surface area contributed by atoms with Gasteiger partial charge in [-0.25, -0.2) is 0 Å². The number of hydrogen-bond donors (Lipinski definition) is 1. The zero-order valence-electron chi connectivity index (χ0n) is 11.6. The molecule has 0 aromatic heterocycles. The van der Waals surface area contributed by atoms with Crippen LogP contribution < -0.4 is 5.32 Å². The first-order valence-corrected chi connectivity index (χ1v) is 7.09. The number of benzene rings is 1. The van der Waals surface area contributed by atoms with Crippen LogP contribution in [0, 0.1) is 22.0 Å². The summed E-state index contributed by atoms with van der Waals surface area (Å²) in [5.41, 5.74) is 0.993. The van der Waals surface area contributed by atoms with Gasteiger partial charge in [-0.3, -0.25) is 10.1 Å². The van der Waals surface area contributed by atoms with E-state index in [4.69, 9.17) is 0 Å². The molecule has 4 heteroatoms. The van der Waals surface area contributed by atoms with E-state index in [1.165, 1.54) is 19.3 Å². The van der Waals surface area contributed by atoms with Gasteiger partial charge in [0.05, 0.1) is 4.92 Å². The highest BCUT2D eigenvalue weighted by Crippen LogP contribution is 2.34. The maximum absolute atomic E-state index is 11.0. The highest BCUT2D eigenvalue weighted by atomic mass is 16.6. The lowest BCUT2D eigenvalue weighted by Gasteiger charge is -2.21. The normalized spacial score (nSPS) is 26.5. The predicted molar refractivity (Wildman–Crippen MR) is 75.9 cm³/mol. The van der Waals surface area contributed by atoms with Crippen molar-refractivity contribution >= 4 is 5.69 Å². The maximum atomic E-state index is 11.0. The Morgan fingerprint density at radius 3 is 2.74 bits per heavy atom. The van der Waals surface area contributed by atoms with Crippen molar-refractivity contribution in [3.63, 3.8) is 0 Å². The highest BCUT2D eigenvalue weighted by molar-refractivity contribution is 5.39. The van der Waals surface area contributed by atoms with Crippen LogP contribution in [-0.2, 0) is 6.54 Å². The molecule has 3 unspecified atom stereocenters. The Labute approximate surface area is 114 Å². The minimum atomic E-state index is -0.302. The van der Waals surface area contributed by atoms with Crippen LogP contribution in [0.1, 0.15) is 38.7 Å². The van der Waals surface area contributed by atoms with Crippen LogP contribution in [0.5, 0.6) is 0 Å². The fraction of sp³-hybridized carbons (Fsp3) is 0.600. The van der Waals surface area contributed by atoms with Gasteiger partial charge in [0, 0.05) is 24.2 Å². The van der Waals surface area contributed by atoms with Gasteiger partial charge in [-0.15, -0.1) is 0 Å². The van der Waals surface area contributed by atoms with Crippen LogP contribution in [0.3, 0.4) is 0 Å². The molecule has 4 nitrogen and oxygen atoms in total. The second kappa shape index (κ2) is 6.15. The molecule has 0 aliphatic heterocycles. The van der Waals surface area contributed by atoms with Gasteiger partial charge < -0.3 is 5.32 Å². The van der Waals surface area contributed by atoms with Gasteiger partial charge in [-0.2, -0.15) is 0 Å². The fourth-order valence-corrected chi connectivity index (χ4v) is 3.19. The van der Waals surface area contributed by atoms with Crippen LogP contribution in [-0.4, -0.2) is 11.0 Å². The molecule has 0 spiro atoms. The van der Waals surface area contributed by atoms with Crippen molar-refractivity contribution in [2.75, 3.05) is 0 Å².